The first kappa shape index (κ1) is 20.2. The zero-order chi connectivity index (χ0) is 21.0. The van der Waals surface area contributed by atoms with Crippen molar-refractivity contribution in [1.82, 2.24) is 30.7 Å². The molecule has 0 aliphatic heterocycles. The normalized spacial score (nSPS) is 11.8. The third-order valence-electron chi connectivity index (χ3n) is 3.97. The molecule has 0 spiro atoms. The second-order valence-electron chi connectivity index (χ2n) is 6.71. The van der Waals surface area contributed by atoms with E-state index < -0.39 is 17.9 Å². The van der Waals surface area contributed by atoms with Crippen LogP contribution in [-0.2, 0) is 6.54 Å². The van der Waals surface area contributed by atoms with Crippen LogP contribution in [0.3, 0.4) is 0 Å². The molecule has 0 saturated heterocycles. The fourth-order valence-electron chi connectivity index (χ4n) is 2.54. The average molecular weight is 399 g/mol. The maximum atomic E-state index is 13.3. The SMILES string of the molecule is Cc1cc(CNC(=O)N[C@@H](C)c2nc(-c3cccc(F)c3)no2)nc(N(C)C)n1. The van der Waals surface area contributed by atoms with Gasteiger partial charge >= 0.3 is 6.03 Å². The van der Waals surface area contributed by atoms with Gasteiger partial charge in [0.05, 0.1) is 12.2 Å². The molecule has 0 saturated carbocycles. The quantitative estimate of drug-likeness (QED) is 0.656. The molecule has 29 heavy (non-hydrogen) atoms. The second-order valence-corrected chi connectivity index (χ2v) is 6.71. The van der Waals surface area contributed by atoms with Crippen LogP contribution in [0.25, 0.3) is 11.4 Å². The zero-order valence-electron chi connectivity index (χ0n) is 16.6. The van der Waals surface area contributed by atoms with Crippen LogP contribution in [0.4, 0.5) is 15.1 Å². The van der Waals surface area contributed by atoms with Gasteiger partial charge in [0.2, 0.25) is 17.7 Å². The lowest BCUT2D eigenvalue weighted by molar-refractivity contribution is 0.233. The number of halogens is 1. The predicted octanol–water partition coefficient (Wildman–Crippen LogP) is 2.60. The van der Waals surface area contributed by atoms with Gasteiger partial charge < -0.3 is 20.1 Å². The van der Waals surface area contributed by atoms with Crippen molar-refractivity contribution in [2.75, 3.05) is 19.0 Å². The number of carbonyl (C=O) groups excluding carboxylic acids is 1. The maximum Gasteiger partial charge on any atom is 0.315 e. The monoisotopic (exact) mass is 399 g/mol. The van der Waals surface area contributed by atoms with Gasteiger partial charge in [0, 0.05) is 25.4 Å². The van der Waals surface area contributed by atoms with Crippen molar-refractivity contribution < 1.29 is 13.7 Å². The Labute approximate surface area is 167 Å². The highest BCUT2D eigenvalue weighted by Gasteiger charge is 2.17. The van der Waals surface area contributed by atoms with Crippen LogP contribution in [0.1, 0.15) is 30.2 Å². The lowest BCUT2D eigenvalue weighted by Gasteiger charge is -2.14. The Morgan fingerprint density at radius 1 is 1.24 bits per heavy atom. The Morgan fingerprint density at radius 3 is 2.76 bits per heavy atom. The van der Waals surface area contributed by atoms with Gasteiger partial charge in [-0.25, -0.2) is 19.2 Å². The van der Waals surface area contributed by atoms with E-state index in [-0.39, 0.29) is 18.3 Å². The molecular weight excluding hydrogens is 377 g/mol. The van der Waals surface area contributed by atoms with Crippen LogP contribution >= 0.6 is 0 Å². The molecule has 2 aromatic heterocycles. The summed E-state index contributed by atoms with van der Waals surface area (Å²) in [4.78, 5) is 26.9. The van der Waals surface area contributed by atoms with Crippen molar-refractivity contribution >= 4 is 12.0 Å². The van der Waals surface area contributed by atoms with Crippen molar-refractivity contribution in [2.45, 2.75) is 26.4 Å². The summed E-state index contributed by atoms with van der Waals surface area (Å²) in [6.07, 6.45) is 0. The summed E-state index contributed by atoms with van der Waals surface area (Å²) >= 11 is 0. The molecular formula is C19H22FN7O2. The largest absolute Gasteiger partial charge is 0.347 e. The highest BCUT2D eigenvalue weighted by atomic mass is 19.1. The van der Waals surface area contributed by atoms with Gasteiger partial charge in [-0.15, -0.1) is 0 Å². The molecule has 3 aromatic rings. The first-order valence-electron chi connectivity index (χ1n) is 8.97. The number of anilines is 1. The lowest BCUT2D eigenvalue weighted by atomic mass is 10.2. The minimum atomic E-state index is -0.533. The molecule has 0 unspecified atom stereocenters. The summed E-state index contributed by atoms with van der Waals surface area (Å²) in [5, 5.41) is 9.30. The van der Waals surface area contributed by atoms with E-state index in [4.69, 9.17) is 4.52 Å². The fraction of sp³-hybridized carbons (Fsp3) is 0.316. The number of benzene rings is 1. The molecule has 0 bridgehead atoms. The number of urea groups is 1. The van der Waals surface area contributed by atoms with E-state index >= 15 is 0 Å². The van der Waals surface area contributed by atoms with E-state index in [2.05, 4.69) is 30.7 Å². The molecule has 0 aliphatic rings. The first-order chi connectivity index (χ1) is 13.8. The van der Waals surface area contributed by atoms with E-state index in [9.17, 15) is 9.18 Å². The Kier molecular flexibility index (Phi) is 6.01. The molecule has 2 amide bonds. The Morgan fingerprint density at radius 2 is 2.03 bits per heavy atom. The zero-order valence-corrected chi connectivity index (χ0v) is 16.6. The van der Waals surface area contributed by atoms with E-state index in [0.717, 1.165) is 5.69 Å². The summed E-state index contributed by atoms with van der Waals surface area (Å²) in [6, 6.07) is 6.74. The van der Waals surface area contributed by atoms with Gasteiger partial charge in [-0.3, -0.25) is 0 Å². The van der Waals surface area contributed by atoms with E-state index in [0.29, 0.717) is 17.2 Å². The smallest absolute Gasteiger partial charge is 0.315 e. The first-order valence-corrected chi connectivity index (χ1v) is 8.97. The predicted molar refractivity (Wildman–Crippen MR) is 105 cm³/mol. The highest BCUT2D eigenvalue weighted by Crippen LogP contribution is 2.19. The van der Waals surface area contributed by atoms with Crippen LogP contribution in [-0.4, -0.2) is 40.2 Å². The number of amides is 2. The molecule has 3 rings (SSSR count). The minimum Gasteiger partial charge on any atom is -0.347 e. The number of carbonyl (C=O) groups is 1. The summed E-state index contributed by atoms with van der Waals surface area (Å²) < 4.78 is 18.5. The topological polar surface area (TPSA) is 109 Å². The number of hydrogen-bond acceptors (Lipinski definition) is 7. The van der Waals surface area contributed by atoms with Gasteiger partial charge in [-0.05, 0) is 32.0 Å². The van der Waals surface area contributed by atoms with Crippen molar-refractivity contribution in [3.05, 3.63) is 53.4 Å². The van der Waals surface area contributed by atoms with Crippen LogP contribution < -0.4 is 15.5 Å². The Balaban J connectivity index is 1.59. The lowest BCUT2D eigenvalue weighted by Crippen LogP contribution is -2.37. The molecule has 0 aliphatic carbocycles. The second kappa shape index (κ2) is 8.63. The summed E-state index contributed by atoms with van der Waals surface area (Å²) in [5.74, 6) is 0.650. The van der Waals surface area contributed by atoms with Crippen molar-refractivity contribution in [2.24, 2.45) is 0 Å². The van der Waals surface area contributed by atoms with E-state index in [1.807, 2.05) is 21.0 Å². The van der Waals surface area contributed by atoms with Gasteiger partial charge in [0.25, 0.3) is 0 Å². The Hall–Kier alpha value is -3.56. The number of nitrogens with one attached hydrogen (secondary N) is 2. The third-order valence-corrected chi connectivity index (χ3v) is 3.97. The standard InChI is InChI=1S/C19H22FN7O2/c1-11-8-15(24-18(22-11)27(3)4)10-21-19(28)23-12(2)17-25-16(26-29-17)13-6-5-7-14(20)9-13/h5-9,12H,10H2,1-4H3,(H2,21,23,28)/t12-/m0/s1. The third kappa shape index (κ3) is 5.24. The maximum absolute atomic E-state index is 13.3. The van der Waals surface area contributed by atoms with Crippen molar-refractivity contribution in [1.29, 1.82) is 0 Å². The van der Waals surface area contributed by atoms with Crippen LogP contribution in [0.15, 0.2) is 34.9 Å². The molecule has 0 radical (unpaired) electrons. The average Bonchev–Trinajstić information content (AvgIpc) is 3.16. The minimum absolute atomic E-state index is 0.215. The number of aromatic nitrogens is 4. The number of nitrogens with zero attached hydrogens (tertiary/aromatic N) is 5. The highest BCUT2D eigenvalue weighted by molar-refractivity contribution is 5.74. The van der Waals surface area contributed by atoms with Gasteiger partial charge in [-0.2, -0.15) is 4.98 Å². The number of rotatable bonds is 6. The van der Waals surface area contributed by atoms with E-state index in [1.54, 1.807) is 30.0 Å². The summed E-state index contributed by atoms with van der Waals surface area (Å²) in [6.45, 7) is 3.81. The Bertz CT molecular complexity index is 1010. The van der Waals surface area contributed by atoms with Crippen LogP contribution in [0, 0.1) is 12.7 Å². The van der Waals surface area contributed by atoms with Crippen molar-refractivity contribution in [3.63, 3.8) is 0 Å². The van der Waals surface area contributed by atoms with Crippen LogP contribution in [0.5, 0.6) is 0 Å². The van der Waals surface area contributed by atoms with E-state index in [1.165, 1.54) is 12.1 Å². The molecule has 1 atom stereocenters. The molecule has 2 heterocycles. The summed E-state index contributed by atoms with van der Waals surface area (Å²) in [7, 11) is 3.70. The summed E-state index contributed by atoms with van der Waals surface area (Å²) in [5.41, 5.74) is 1.99. The molecule has 152 valence electrons. The molecule has 0 fully saturated rings. The van der Waals surface area contributed by atoms with Gasteiger partial charge in [0.15, 0.2) is 0 Å². The number of aryl methyl sites for hydroxylation is 1. The fourth-order valence-corrected chi connectivity index (χ4v) is 2.54. The molecule has 2 N–H and O–H groups in total. The number of hydrogen-bond donors (Lipinski definition) is 2. The van der Waals surface area contributed by atoms with Gasteiger partial charge in [0.1, 0.15) is 11.9 Å². The van der Waals surface area contributed by atoms with Crippen LogP contribution in [0.2, 0.25) is 0 Å². The molecule has 9 nitrogen and oxygen atoms in total. The molecule has 10 heteroatoms. The van der Waals surface area contributed by atoms with Gasteiger partial charge in [-0.1, -0.05) is 17.3 Å². The molecule has 1 aromatic carbocycles. The van der Waals surface area contributed by atoms with Crippen molar-refractivity contribution in [3.8, 4) is 11.4 Å².